The molecule has 0 unspecified atom stereocenters. The monoisotopic (exact) mass is 289 g/mol. The van der Waals surface area contributed by atoms with Crippen molar-refractivity contribution in [1.82, 2.24) is 4.67 Å². The number of allylic oxidation sites excluding steroid dienone is 1. The van der Waals surface area contributed by atoms with Crippen molar-refractivity contribution < 1.29 is 0 Å². The predicted molar refractivity (Wildman–Crippen MR) is 77.3 cm³/mol. The van der Waals surface area contributed by atoms with Crippen LogP contribution in [0.2, 0.25) is 0 Å². The van der Waals surface area contributed by atoms with Gasteiger partial charge >= 0.3 is 0 Å². The van der Waals surface area contributed by atoms with Gasteiger partial charge in [0, 0.05) is 12.2 Å². The normalized spacial score (nSPS) is 28.8. The molecule has 0 N–H and O–H groups in total. The summed E-state index contributed by atoms with van der Waals surface area (Å²) < 4.78 is 6.87. The van der Waals surface area contributed by atoms with Crippen LogP contribution in [0.5, 0.6) is 0 Å². The van der Waals surface area contributed by atoms with E-state index in [1.807, 2.05) is 12.5 Å². The Kier molecular flexibility index (Phi) is 3.70. The molecule has 2 aliphatic heterocycles. The Balaban J connectivity index is 2.57. The molecular weight excluding hydrogens is 277 g/mol. The van der Waals surface area contributed by atoms with Crippen LogP contribution in [-0.2, 0) is 11.8 Å². The van der Waals surface area contributed by atoms with Gasteiger partial charge in [-0.15, -0.1) is 11.8 Å². The predicted octanol–water partition coefficient (Wildman–Crippen LogP) is 3.22. The van der Waals surface area contributed by atoms with Crippen LogP contribution >= 0.6 is 28.7 Å². The van der Waals surface area contributed by atoms with Gasteiger partial charge in [-0.05, 0) is 37.2 Å². The van der Waals surface area contributed by atoms with Crippen LogP contribution in [-0.4, -0.2) is 28.8 Å². The number of nitriles is 1. The molecule has 3 nitrogen and oxygen atoms in total. The fourth-order valence-electron chi connectivity index (χ4n) is 1.93. The number of nitrogens with zero attached hydrogens (tertiary/aromatic N) is 3. The summed E-state index contributed by atoms with van der Waals surface area (Å²) in [5, 5.41) is 10.1. The summed E-state index contributed by atoms with van der Waals surface area (Å²) in [5.41, 5.74) is 0.00819. The fourth-order valence-corrected chi connectivity index (χ4v) is 7.31. The molecule has 1 fully saturated rings. The molecule has 0 aromatic carbocycles. The first-order valence-electron chi connectivity index (χ1n) is 4.88. The molecule has 1 saturated heterocycles. The van der Waals surface area contributed by atoms with Gasteiger partial charge in [-0.1, -0.05) is 11.4 Å². The highest BCUT2D eigenvalue weighted by molar-refractivity contribution is 8.69. The summed E-state index contributed by atoms with van der Waals surface area (Å²) in [4.78, 5) is 0. The molecule has 0 radical (unpaired) electrons. The number of hydrogen-bond donors (Lipinski definition) is 0. The summed E-state index contributed by atoms with van der Waals surface area (Å²) in [7, 11) is 0. The fraction of sp³-hybridized carbons (Fsp3) is 0.556. The summed E-state index contributed by atoms with van der Waals surface area (Å²) in [6.45, 7) is 0.962. The summed E-state index contributed by atoms with van der Waals surface area (Å²) >= 11 is 8.89. The maximum Gasteiger partial charge on any atom is 0.198 e. The molecular formula is C9H12N3PS3. The third kappa shape index (κ3) is 1.84. The lowest BCUT2D eigenvalue weighted by Crippen LogP contribution is -2.19. The minimum absolute atomic E-state index is 0.750. The van der Waals surface area contributed by atoms with Crippen molar-refractivity contribution in [2.45, 2.75) is 12.8 Å². The first-order valence-corrected chi connectivity index (χ1v) is 10.6. The van der Waals surface area contributed by atoms with Crippen LogP contribution in [0, 0.1) is 11.3 Å². The van der Waals surface area contributed by atoms with E-state index in [1.165, 1.54) is 11.8 Å². The third-order valence-electron chi connectivity index (χ3n) is 2.66. The maximum atomic E-state index is 9.23. The van der Waals surface area contributed by atoms with Gasteiger partial charge in [0.1, 0.15) is 16.7 Å². The highest BCUT2D eigenvalue weighted by Gasteiger charge is 2.37. The zero-order valence-electron chi connectivity index (χ0n) is 9.13. The minimum atomic E-state index is -1.88. The Hall–Kier alpha value is 0.0500. The zero-order valence-corrected chi connectivity index (χ0v) is 12.5. The molecule has 0 amide bonds. The molecule has 2 rings (SSSR count). The van der Waals surface area contributed by atoms with Crippen molar-refractivity contribution in [2.75, 3.05) is 19.1 Å². The molecule has 0 aromatic rings. The van der Waals surface area contributed by atoms with E-state index in [0.717, 1.165) is 35.7 Å². The lowest BCUT2D eigenvalue weighted by atomic mass is 10.2. The van der Waals surface area contributed by atoms with Crippen molar-refractivity contribution in [3.63, 3.8) is 0 Å². The Morgan fingerprint density at radius 1 is 1.56 bits per heavy atom. The van der Waals surface area contributed by atoms with Crippen LogP contribution in [0.15, 0.2) is 16.0 Å². The average molecular weight is 289 g/mol. The van der Waals surface area contributed by atoms with Gasteiger partial charge in [-0.25, -0.2) is 4.76 Å². The molecule has 2 aliphatic rings. The van der Waals surface area contributed by atoms with E-state index in [9.17, 15) is 5.26 Å². The van der Waals surface area contributed by atoms with Crippen molar-refractivity contribution in [1.29, 1.82) is 5.26 Å². The van der Waals surface area contributed by atoms with Gasteiger partial charge in [0.15, 0.2) is 5.54 Å². The van der Waals surface area contributed by atoms with Gasteiger partial charge in [0.2, 0.25) is 0 Å². The van der Waals surface area contributed by atoms with Gasteiger partial charge < -0.3 is 4.67 Å². The lowest BCUT2D eigenvalue weighted by molar-refractivity contribution is 0.640. The second-order valence-electron chi connectivity index (χ2n) is 3.44. The van der Waals surface area contributed by atoms with E-state index in [0.29, 0.717) is 0 Å². The van der Waals surface area contributed by atoms with Crippen molar-refractivity contribution in [3.8, 4) is 6.07 Å². The highest BCUT2D eigenvalue weighted by atomic mass is 32.9. The molecule has 2 heterocycles. The molecule has 86 valence electrons. The van der Waals surface area contributed by atoms with Crippen LogP contribution in [0.1, 0.15) is 12.8 Å². The Morgan fingerprint density at radius 3 is 2.88 bits per heavy atom. The topological polar surface area (TPSA) is 39.4 Å². The highest BCUT2D eigenvalue weighted by Crippen LogP contribution is 2.67. The van der Waals surface area contributed by atoms with E-state index >= 15 is 0 Å². The number of hydrogen-bond acceptors (Lipinski definition) is 4. The first kappa shape index (κ1) is 12.5. The summed E-state index contributed by atoms with van der Waals surface area (Å²) in [5.74, 6) is 0. The number of thioether (sulfide) groups is 1. The Bertz CT molecular complexity index is 463. The quantitative estimate of drug-likeness (QED) is 0.693. The van der Waals surface area contributed by atoms with Crippen molar-refractivity contribution in [2.24, 2.45) is 4.76 Å². The van der Waals surface area contributed by atoms with E-state index in [4.69, 9.17) is 11.8 Å². The van der Waals surface area contributed by atoms with E-state index in [-0.39, 0.29) is 0 Å². The second-order valence-corrected chi connectivity index (χ2v) is 11.1. The molecule has 0 aromatic heterocycles. The van der Waals surface area contributed by atoms with E-state index in [2.05, 4.69) is 15.5 Å². The molecule has 0 aliphatic carbocycles. The van der Waals surface area contributed by atoms with Gasteiger partial charge in [-0.3, -0.25) is 0 Å². The summed E-state index contributed by atoms with van der Waals surface area (Å²) in [6, 6.07) is 2.29. The molecule has 7 heteroatoms. The van der Waals surface area contributed by atoms with Crippen LogP contribution in [0.25, 0.3) is 0 Å². The number of rotatable bonds is 1. The number of fused-ring (bicyclic) bond motifs is 1. The molecule has 0 spiro atoms. The van der Waals surface area contributed by atoms with Crippen LogP contribution < -0.4 is 0 Å². The molecule has 16 heavy (non-hydrogen) atoms. The van der Waals surface area contributed by atoms with Gasteiger partial charge in [0.05, 0.1) is 0 Å². The SMILES string of the molecule is CSC1=N[P@](=S)(SC)N2CCCC2=C1C#N. The lowest BCUT2D eigenvalue weighted by Gasteiger charge is -2.33. The van der Waals surface area contributed by atoms with Crippen LogP contribution in [0.3, 0.4) is 0 Å². The van der Waals surface area contributed by atoms with Crippen molar-refractivity contribution in [3.05, 3.63) is 11.3 Å². The zero-order chi connectivity index (χ0) is 11.8. The second kappa shape index (κ2) is 4.73. The molecule has 0 bridgehead atoms. The third-order valence-corrected chi connectivity index (χ3v) is 9.90. The summed E-state index contributed by atoms with van der Waals surface area (Å²) in [6.07, 6.45) is 6.05. The Morgan fingerprint density at radius 2 is 2.31 bits per heavy atom. The van der Waals surface area contributed by atoms with Crippen molar-refractivity contribution >= 4 is 45.5 Å². The largest absolute Gasteiger partial charge is 0.321 e. The van der Waals surface area contributed by atoms with Gasteiger partial charge in [0.25, 0.3) is 0 Å². The average Bonchev–Trinajstić information content (AvgIpc) is 2.78. The molecule has 0 saturated carbocycles. The van der Waals surface area contributed by atoms with E-state index in [1.54, 1.807) is 11.4 Å². The maximum absolute atomic E-state index is 9.23. The van der Waals surface area contributed by atoms with Crippen LogP contribution in [0.4, 0.5) is 0 Å². The minimum Gasteiger partial charge on any atom is -0.321 e. The van der Waals surface area contributed by atoms with E-state index < -0.39 is 5.54 Å². The molecule has 1 atom stereocenters. The van der Waals surface area contributed by atoms with Gasteiger partial charge in [-0.2, -0.15) is 5.26 Å². The Labute approximate surface area is 109 Å². The smallest absolute Gasteiger partial charge is 0.198 e. The standard InChI is InChI=1S/C9H12N3PS3/c1-15-9-7(6-10)8-4-3-5-12(8)13(14,11-9)16-2/h3-5H2,1-2H3/t13-/m0/s1. The first-order chi connectivity index (χ1) is 7.66.